The minimum atomic E-state index is -0.133. The van der Waals surface area contributed by atoms with Crippen molar-refractivity contribution in [2.24, 2.45) is 0 Å². The summed E-state index contributed by atoms with van der Waals surface area (Å²) in [6, 6.07) is 9.19. The van der Waals surface area contributed by atoms with E-state index in [1.165, 1.54) is 6.92 Å². The molecule has 3 rings (SSSR count). The summed E-state index contributed by atoms with van der Waals surface area (Å²) < 4.78 is 5.71. The largest absolute Gasteiger partial charge is 0.438 e. The first-order valence-corrected chi connectivity index (χ1v) is 8.17. The van der Waals surface area contributed by atoms with Crippen molar-refractivity contribution in [1.82, 2.24) is 4.98 Å². The molecule has 1 aromatic carbocycles. The van der Waals surface area contributed by atoms with Crippen molar-refractivity contribution < 1.29 is 9.21 Å². The summed E-state index contributed by atoms with van der Waals surface area (Å²) in [5.41, 5.74) is 1.38. The predicted octanol–water partition coefficient (Wildman–Crippen LogP) is 4.63. The summed E-state index contributed by atoms with van der Waals surface area (Å²) in [7, 11) is 0. The van der Waals surface area contributed by atoms with Gasteiger partial charge in [-0.3, -0.25) is 4.79 Å². The molecule has 0 spiro atoms. The second-order valence-corrected chi connectivity index (χ2v) is 6.18. The van der Waals surface area contributed by atoms with Gasteiger partial charge in [-0.15, -0.1) is 11.3 Å². The Labute approximate surface area is 142 Å². The van der Waals surface area contributed by atoms with Crippen molar-refractivity contribution in [2.75, 3.05) is 10.6 Å². The van der Waals surface area contributed by atoms with Gasteiger partial charge in [0.05, 0.1) is 28.3 Å². The molecule has 0 fully saturated rings. The fourth-order valence-corrected chi connectivity index (χ4v) is 2.89. The van der Waals surface area contributed by atoms with Crippen LogP contribution in [0.5, 0.6) is 0 Å². The van der Waals surface area contributed by atoms with E-state index in [2.05, 4.69) is 15.6 Å². The van der Waals surface area contributed by atoms with Gasteiger partial charge in [0.1, 0.15) is 0 Å². The lowest BCUT2D eigenvalue weighted by atomic mass is 10.2. The lowest BCUT2D eigenvalue weighted by Crippen LogP contribution is -2.06. The number of nitrogens with one attached hydrogen (secondary N) is 2. The summed E-state index contributed by atoms with van der Waals surface area (Å²) in [4.78, 5) is 16.4. The lowest BCUT2D eigenvalue weighted by molar-refractivity contribution is -0.114. The summed E-state index contributed by atoms with van der Waals surface area (Å²) in [5, 5.41) is 8.43. The number of carbonyl (C=O) groups is 1. The quantitative estimate of drug-likeness (QED) is 0.706. The highest BCUT2D eigenvalue weighted by atomic mass is 35.5. The van der Waals surface area contributed by atoms with Crippen molar-refractivity contribution in [1.29, 1.82) is 0 Å². The molecule has 0 atom stereocenters. The zero-order valence-corrected chi connectivity index (χ0v) is 13.9. The van der Waals surface area contributed by atoms with Crippen LogP contribution in [-0.4, -0.2) is 10.9 Å². The molecule has 0 aliphatic rings. The normalized spacial score (nSPS) is 10.5. The van der Waals surface area contributed by atoms with Crippen molar-refractivity contribution in [3.05, 3.63) is 52.8 Å². The van der Waals surface area contributed by atoms with Gasteiger partial charge in [0.2, 0.25) is 11.8 Å². The molecule has 0 bridgehead atoms. The molecule has 0 saturated carbocycles. The molecule has 0 saturated heterocycles. The monoisotopic (exact) mass is 347 g/mol. The molecule has 5 nitrogen and oxygen atoms in total. The molecule has 0 unspecified atom stereocenters. The molecule has 0 aliphatic carbocycles. The fraction of sp³-hybridized carbons (Fsp3) is 0.125. The number of halogens is 1. The van der Waals surface area contributed by atoms with Gasteiger partial charge < -0.3 is 15.1 Å². The Hall–Kier alpha value is -2.31. The van der Waals surface area contributed by atoms with Gasteiger partial charge in [-0.2, -0.15) is 0 Å². The van der Waals surface area contributed by atoms with Crippen LogP contribution in [0.3, 0.4) is 0 Å². The van der Waals surface area contributed by atoms with Crippen molar-refractivity contribution >= 4 is 40.2 Å². The maximum atomic E-state index is 11.1. The zero-order chi connectivity index (χ0) is 16.2. The Morgan fingerprint density at radius 2 is 2.26 bits per heavy atom. The van der Waals surface area contributed by atoms with E-state index in [4.69, 9.17) is 16.0 Å². The maximum absolute atomic E-state index is 11.1. The number of aromatic nitrogens is 1. The highest BCUT2D eigenvalue weighted by molar-refractivity contribution is 7.13. The molecular weight excluding hydrogens is 334 g/mol. The Morgan fingerprint density at radius 3 is 3.00 bits per heavy atom. The predicted molar refractivity (Wildman–Crippen MR) is 92.9 cm³/mol. The van der Waals surface area contributed by atoms with Gasteiger partial charge in [0.15, 0.2) is 5.76 Å². The van der Waals surface area contributed by atoms with E-state index in [1.54, 1.807) is 35.7 Å². The topological polar surface area (TPSA) is 67.2 Å². The number of rotatable bonds is 5. The van der Waals surface area contributed by atoms with Crippen molar-refractivity contribution in [3.8, 4) is 10.6 Å². The van der Waals surface area contributed by atoms with Crippen molar-refractivity contribution in [3.63, 3.8) is 0 Å². The van der Waals surface area contributed by atoms with Gasteiger partial charge in [-0.25, -0.2) is 4.98 Å². The van der Waals surface area contributed by atoms with Gasteiger partial charge in [0, 0.05) is 12.6 Å². The van der Waals surface area contributed by atoms with Crippen LogP contribution >= 0.6 is 22.9 Å². The lowest BCUT2D eigenvalue weighted by Gasteiger charge is -2.09. The number of benzene rings is 1. The summed E-state index contributed by atoms with van der Waals surface area (Å²) in [6.07, 6.45) is 1.71. The van der Waals surface area contributed by atoms with Gasteiger partial charge in [-0.1, -0.05) is 17.7 Å². The van der Waals surface area contributed by atoms with Gasteiger partial charge in [0.25, 0.3) is 0 Å². The van der Waals surface area contributed by atoms with Crippen LogP contribution in [0.25, 0.3) is 10.6 Å². The third-order valence-corrected chi connectivity index (χ3v) is 4.25. The maximum Gasteiger partial charge on any atom is 0.221 e. The molecule has 0 radical (unpaired) electrons. The van der Waals surface area contributed by atoms with E-state index in [0.717, 1.165) is 10.6 Å². The van der Waals surface area contributed by atoms with Gasteiger partial charge in [-0.05, 0) is 29.6 Å². The smallest absolute Gasteiger partial charge is 0.221 e. The third-order valence-electron chi connectivity index (χ3n) is 3.03. The Kier molecular flexibility index (Phi) is 4.64. The minimum Gasteiger partial charge on any atom is -0.438 e. The van der Waals surface area contributed by atoms with Crippen LogP contribution in [0, 0.1) is 0 Å². The van der Waals surface area contributed by atoms with E-state index >= 15 is 0 Å². The standard InChI is InChI=1S/C16H14ClN3O2S/c1-10(21)20-11-4-5-12(17)13(7-11)18-9-16-19-8-14(22-16)15-3-2-6-23-15/h2-8,18H,9H2,1H3,(H,20,21). The molecule has 23 heavy (non-hydrogen) atoms. The first kappa shape index (κ1) is 15.6. The second kappa shape index (κ2) is 6.85. The van der Waals surface area contributed by atoms with Crippen LogP contribution in [0.4, 0.5) is 11.4 Å². The van der Waals surface area contributed by atoms with Gasteiger partial charge >= 0.3 is 0 Å². The molecule has 3 aromatic rings. The zero-order valence-electron chi connectivity index (χ0n) is 12.3. The van der Waals surface area contributed by atoms with Crippen LogP contribution in [0.1, 0.15) is 12.8 Å². The number of hydrogen-bond acceptors (Lipinski definition) is 5. The summed E-state index contributed by atoms with van der Waals surface area (Å²) in [5.74, 6) is 1.18. The highest BCUT2D eigenvalue weighted by Gasteiger charge is 2.08. The van der Waals surface area contributed by atoms with E-state index in [9.17, 15) is 4.79 Å². The third kappa shape index (κ3) is 3.91. The number of amides is 1. The number of hydrogen-bond donors (Lipinski definition) is 2. The summed E-state index contributed by atoms with van der Waals surface area (Å²) in [6.45, 7) is 1.86. The number of thiophene rings is 1. The molecule has 2 N–H and O–H groups in total. The fourth-order valence-electron chi connectivity index (χ4n) is 2.04. The highest BCUT2D eigenvalue weighted by Crippen LogP contribution is 2.28. The van der Waals surface area contributed by atoms with E-state index in [-0.39, 0.29) is 5.91 Å². The molecule has 118 valence electrons. The SMILES string of the molecule is CC(=O)Nc1ccc(Cl)c(NCc2ncc(-c3cccs3)o2)c1. The number of anilines is 2. The van der Waals surface area contributed by atoms with Crippen LogP contribution < -0.4 is 10.6 Å². The number of carbonyl (C=O) groups excluding carboxylic acids is 1. The van der Waals surface area contributed by atoms with E-state index in [1.807, 2.05) is 17.5 Å². The number of nitrogens with zero attached hydrogens (tertiary/aromatic N) is 1. The molecule has 1 amide bonds. The van der Waals surface area contributed by atoms with Crippen molar-refractivity contribution in [2.45, 2.75) is 13.5 Å². The molecule has 7 heteroatoms. The molecular formula is C16H14ClN3O2S. The Morgan fingerprint density at radius 1 is 1.39 bits per heavy atom. The van der Waals surface area contributed by atoms with E-state index < -0.39 is 0 Å². The summed E-state index contributed by atoms with van der Waals surface area (Å²) >= 11 is 7.76. The average Bonchev–Trinajstić information content (AvgIpc) is 3.17. The molecule has 2 heterocycles. The van der Waals surface area contributed by atoms with E-state index in [0.29, 0.717) is 28.8 Å². The molecule has 2 aromatic heterocycles. The Balaban J connectivity index is 1.69. The average molecular weight is 348 g/mol. The second-order valence-electron chi connectivity index (χ2n) is 4.82. The minimum absolute atomic E-state index is 0.133. The first-order chi connectivity index (χ1) is 11.1. The number of oxazole rings is 1. The molecule has 0 aliphatic heterocycles. The van der Waals surface area contributed by atoms with Crippen LogP contribution in [0.15, 0.2) is 46.3 Å². The Bertz CT molecular complexity index is 815. The first-order valence-electron chi connectivity index (χ1n) is 6.91. The van der Waals surface area contributed by atoms with Crippen LogP contribution in [0.2, 0.25) is 5.02 Å². The van der Waals surface area contributed by atoms with Crippen LogP contribution in [-0.2, 0) is 11.3 Å².